The highest BCUT2D eigenvalue weighted by atomic mass is 32.2. The molecule has 0 aromatic rings. The molecule has 0 fully saturated rings. The fraction of sp³-hybridized carbons (Fsp3) is 1.00. The first-order valence-corrected chi connectivity index (χ1v) is 7.78. The van der Waals surface area contributed by atoms with Crippen LogP contribution in [0.25, 0.3) is 0 Å². The minimum absolute atomic E-state index is 0.267. The number of hydrogen-bond acceptors (Lipinski definition) is 4. The van der Waals surface area contributed by atoms with Gasteiger partial charge in [0.25, 0.3) is 10.2 Å². The van der Waals surface area contributed by atoms with Crippen molar-refractivity contribution in [3.63, 3.8) is 0 Å². The lowest BCUT2D eigenvalue weighted by molar-refractivity contribution is 0.192. The number of nitrogens with one attached hydrogen (secondary N) is 1. The van der Waals surface area contributed by atoms with Gasteiger partial charge in [0.15, 0.2) is 0 Å². The Labute approximate surface area is 111 Å². The first-order valence-electron chi connectivity index (χ1n) is 6.34. The molecule has 0 heterocycles. The Bertz CT molecular complexity index is 315. The average molecular weight is 281 g/mol. The van der Waals surface area contributed by atoms with Crippen molar-refractivity contribution in [3.05, 3.63) is 0 Å². The lowest BCUT2D eigenvalue weighted by Gasteiger charge is -2.38. The van der Waals surface area contributed by atoms with Crippen molar-refractivity contribution in [3.8, 4) is 0 Å². The van der Waals surface area contributed by atoms with E-state index in [0.717, 1.165) is 6.42 Å². The van der Waals surface area contributed by atoms with E-state index in [2.05, 4.69) is 4.72 Å². The molecule has 0 bridgehead atoms. The highest BCUT2D eigenvalue weighted by Crippen LogP contribution is 2.21. The van der Waals surface area contributed by atoms with Gasteiger partial charge in [0.2, 0.25) is 0 Å². The van der Waals surface area contributed by atoms with Gasteiger partial charge in [0, 0.05) is 32.3 Å². The predicted molar refractivity (Wildman–Crippen MR) is 73.5 cm³/mol. The molecule has 110 valence electrons. The molecule has 0 aromatic carbocycles. The molecule has 7 heteroatoms. The van der Waals surface area contributed by atoms with Crippen LogP contribution in [-0.4, -0.2) is 51.6 Å². The third kappa shape index (κ3) is 4.81. The number of rotatable bonds is 10. The second kappa shape index (κ2) is 8.06. The summed E-state index contributed by atoms with van der Waals surface area (Å²) in [7, 11) is -1.98. The van der Waals surface area contributed by atoms with E-state index in [9.17, 15) is 8.42 Å². The number of ether oxygens (including phenoxy) is 1. The van der Waals surface area contributed by atoms with E-state index in [0.29, 0.717) is 26.1 Å². The molecule has 1 atom stereocenters. The summed E-state index contributed by atoms with van der Waals surface area (Å²) in [5, 5.41) is 0. The Hall–Kier alpha value is -0.210. The van der Waals surface area contributed by atoms with Crippen LogP contribution < -0.4 is 10.5 Å². The highest BCUT2D eigenvalue weighted by molar-refractivity contribution is 7.87. The zero-order valence-electron chi connectivity index (χ0n) is 11.9. The SMILES string of the molecule is CCCN(C(C)(CC)CN)S(=O)(=O)NCCOC. The number of hydrogen-bond donors (Lipinski definition) is 2. The lowest BCUT2D eigenvalue weighted by atomic mass is 9.99. The van der Waals surface area contributed by atoms with Gasteiger partial charge in [-0.05, 0) is 19.8 Å². The molecule has 1 unspecified atom stereocenters. The molecule has 0 amide bonds. The molecular weight excluding hydrogens is 254 g/mol. The number of nitrogens with two attached hydrogens (primary N) is 1. The van der Waals surface area contributed by atoms with E-state index in [1.54, 1.807) is 0 Å². The molecule has 0 radical (unpaired) electrons. The topological polar surface area (TPSA) is 84.7 Å². The maximum absolute atomic E-state index is 12.3. The molecule has 6 nitrogen and oxygen atoms in total. The van der Waals surface area contributed by atoms with Crippen LogP contribution >= 0.6 is 0 Å². The van der Waals surface area contributed by atoms with Gasteiger partial charge in [0.1, 0.15) is 0 Å². The first kappa shape index (κ1) is 17.8. The van der Waals surface area contributed by atoms with Gasteiger partial charge in [-0.25, -0.2) is 0 Å². The Balaban J connectivity index is 4.97. The van der Waals surface area contributed by atoms with Crippen molar-refractivity contribution < 1.29 is 13.2 Å². The number of nitrogens with zero attached hydrogens (tertiary/aromatic N) is 1. The maximum Gasteiger partial charge on any atom is 0.280 e. The summed E-state index contributed by atoms with van der Waals surface area (Å²) in [4.78, 5) is 0. The van der Waals surface area contributed by atoms with Crippen LogP contribution in [0.3, 0.4) is 0 Å². The maximum atomic E-state index is 12.3. The molecule has 0 aliphatic rings. The van der Waals surface area contributed by atoms with Crippen LogP contribution in [0.2, 0.25) is 0 Å². The van der Waals surface area contributed by atoms with Crippen molar-refractivity contribution in [1.29, 1.82) is 0 Å². The fourth-order valence-corrected chi connectivity index (χ4v) is 3.36. The molecule has 0 saturated heterocycles. The molecule has 0 aliphatic heterocycles. The van der Waals surface area contributed by atoms with Crippen LogP contribution in [0.4, 0.5) is 0 Å². The third-order valence-corrected chi connectivity index (χ3v) is 4.88. The largest absolute Gasteiger partial charge is 0.383 e. The normalized spacial score (nSPS) is 15.9. The van der Waals surface area contributed by atoms with Crippen molar-refractivity contribution in [2.45, 2.75) is 39.2 Å². The van der Waals surface area contributed by atoms with Crippen LogP contribution in [-0.2, 0) is 14.9 Å². The van der Waals surface area contributed by atoms with E-state index < -0.39 is 15.7 Å². The Morgan fingerprint density at radius 2 is 2.00 bits per heavy atom. The van der Waals surface area contributed by atoms with Crippen LogP contribution in [0.15, 0.2) is 0 Å². The number of methoxy groups -OCH3 is 1. The predicted octanol–water partition coefficient (Wildman–Crippen LogP) is 0.307. The summed E-state index contributed by atoms with van der Waals surface area (Å²) in [6, 6.07) is 0. The Morgan fingerprint density at radius 1 is 1.39 bits per heavy atom. The third-order valence-electron chi connectivity index (χ3n) is 3.11. The molecular formula is C11H27N3O3S. The van der Waals surface area contributed by atoms with Gasteiger partial charge in [-0.3, -0.25) is 0 Å². The molecule has 18 heavy (non-hydrogen) atoms. The Kier molecular flexibility index (Phi) is 7.97. The van der Waals surface area contributed by atoms with Crippen LogP contribution in [0.1, 0.15) is 33.6 Å². The summed E-state index contributed by atoms with van der Waals surface area (Å²) in [6.07, 6.45) is 1.43. The smallest absolute Gasteiger partial charge is 0.280 e. The second-order valence-corrected chi connectivity index (χ2v) is 6.20. The molecule has 0 rings (SSSR count). The van der Waals surface area contributed by atoms with E-state index in [1.165, 1.54) is 11.4 Å². The van der Waals surface area contributed by atoms with Crippen LogP contribution in [0.5, 0.6) is 0 Å². The molecule has 3 N–H and O–H groups in total. The van der Waals surface area contributed by atoms with Crippen molar-refractivity contribution in [1.82, 2.24) is 9.03 Å². The molecule has 0 spiro atoms. The van der Waals surface area contributed by atoms with Crippen LogP contribution in [0, 0.1) is 0 Å². The molecule has 0 aliphatic carbocycles. The summed E-state index contributed by atoms with van der Waals surface area (Å²) >= 11 is 0. The van der Waals surface area contributed by atoms with Gasteiger partial charge >= 0.3 is 0 Å². The van der Waals surface area contributed by atoms with Gasteiger partial charge in [-0.2, -0.15) is 17.4 Å². The van der Waals surface area contributed by atoms with Crippen molar-refractivity contribution in [2.75, 3.05) is 33.4 Å². The first-order chi connectivity index (χ1) is 8.37. The van der Waals surface area contributed by atoms with E-state index in [1.807, 2.05) is 20.8 Å². The highest BCUT2D eigenvalue weighted by Gasteiger charge is 2.36. The van der Waals surface area contributed by atoms with Gasteiger partial charge < -0.3 is 10.5 Å². The summed E-state index contributed by atoms with van der Waals surface area (Å²) < 4.78 is 33.4. The zero-order valence-corrected chi connectivity index (χ0v) is 12.7. The summed E-state index contributed by atoms with van der Waals surface area (Å²) in [6.45, 7) is 7.15. The quantitative estimate of drug-likeness (QED) is 0.564. The monoisotopic (exact) mass is 281 g/mol. The zero-order chi connectivity index (χ0) is 14.2. The van der Waals surface area contributed by atoms with Crippen molar-refractivity contribution in [2.24, 2.45) is 5.73 Å². The van der Waals surface area contributed by atoms with Gasteiger partial charge in [-0.15, -0.1) is 0 Å². The van der Waals surface area contributed by atoms with Gasteiger partial charge in [0.05, 0.1) is 6.61 Å². The average Bonchev–Trinajstić information content (AvgIpc) is 2.35. The summed E-state index contributed by atoms with van der Waals surface area (Å²) in [5.74, 6) is 0. The minimum atomic E-state index is -3.52. The molecule has 0 saturated carbocycles. The van der Waals surface area contributed by atoms with E-state index in [4.69, 9.17) is 10.5 Å². The lowest BCUT2D eigenvalue weighted by Crippen LogP contribution is -2.57. The summed E-state index contributed by atoms with van der Waals surface area (Å²) in [5.41, 5.74) is 5.19. The minimum Gasteiger partial charge on any atom is -0.383 e. The van der Waals surface area contributed by atoms with Gasteiger partial charge in [-0.1, -0.05) is 13.8 Å². The fourth-order valence-electron chi connectivity index (χ4n) is 1.66. The Morgan fingerprint density at radius 3 is 2.39 bits per heavy atom. The van der Waals surface area contributed by atoms with Crippen molar-refractivity contribution >= 4 is 10.2 Å². The van der Waals surface area contributed by atoms with E-state index in [-0.39, 0.29) is 6.54 Å². The standard InChI is InChI=1S/C11H27N3O3S/c1-5-8-14(11(3,6-2)10-12)18(15,16)13-7-9-17-4/h13H,5-10,12H2,1-4H3. The van der Waals surface area contributed by atoms with E-state index >= 15 is 0 Å². The molecule has 0 aromatic heterocycles. The second-order valence-electron chi connectivity index (χ2n) is 4.52.